The largest absolute Gasteiger partial charge is 0.507 e. The summed E-state index contributed by atoms with van der Waals surface area (Å²) in [6.45, 7) is 4.70. The van der Waals surface area contributed by atoms with Crippen LogP contribution in [0.15, 0.2) is 72.3 Å². The monoisotopic (exact) mass is 511 g/mol. The summed E-state index contributed by atoms with van der Waals surface area (Å²) in [7, 11) is 1.93. The topological polar surface area (TPSA) is 99.2 Å². The first kappa shape index (κ1) is 25.1. The van der Waals surface area contributed by atoms with E-state index < -0.39 is 17.7 Å². The highest BCUT2D eigenvalue weighted by Gasteiger charge is 2.47. The number of ether oxygens (including phenoxy) is 1. The SMILES string of the molecule is CCc1ccc(C2/C(=C(/O)c3ccc4c(c3)N(C)CCO4)C(=O)C(=O)N2c2cccc(NC(C)=O)c2)cc1. The highest BCUT2D eigenvalue weighted by molar-refractivity contribution is 6.51. The molecule has 5 rings (SSSR count). The molecule has 0 aliphatic carbocycles. The molecule has 3 aromatic carbocycles. The van der Waals surface area contributed by atoms with Crippen molar-refractivity contribution >= 4 is 40.4 Å². The Morgan fingerprint density at radius 2 is 1.84 bits per heavy atom. The molecule has 1 saturated heterocycles. The van der Waals surface area contributed by atoms with Crippen molar-refractivity contribution in [2.24, 2.45) is 0 Å². The summed E-state index contributed by atoms with van der Waals surface area (Å²) < 4.78 is 5.72. The van der Waals surface area contributed by atoms with Crippen LogP contribution >= 0.6 is 0 Å². The summed E-state index contributed by atoms with van der Waals surface area (Å²) in [5.74, 6) is -1.35. The minimum atomic E-state index is -0.863. The van der Waals surface area contributed by atoms with Crippen LogP contribution in [-0.4, -0.2) is 42.9 Å². The zero-order valence-electron chi connectivity index (χ0n) is 21.5. The van der Waals surface area contributed by atoms with Gasteiger partial charge >= 0.3 is 0 Å². The Morgan fingerprint density at radius 1 is 1.08 bits per heavy atom. The summed E-state index contributed by atoms with van der Waals surface area (Å²) >= 11 is 0. The number of nitrogens with one attached hydrogen (secondary N) is 1. The number of likely N-dealkylation sites (N-methyl/N-ethyl adjacent to an activating group) is 1. The Morgan fingerprint density at radius 3 is 2.55 bits per heavy atom. The van der Waals surface area contributed by atoms with E-state index in [1.165, 1.54) is 11.8 Å². The molecule has 1 atom stereocenters. The molecule has 0 spiro atoms. The minimum Gasteiger partial charge on any atom is -0.507 e. The number of hydrogen-bond donors (Lipinski definition) is 2. The molecule has 8 heteroatoms. The number of anilines is 3. The average Bonchev–Trinajstić information content (AvgIpc) is 3.18. The van der Waals surface area contributed by atoms with Crippen LogP contribution in [0.1, 0.15) is 36.6 Å². The van der Waals surface area contributed by atoms with Gasteiger partial charge in [0.1, 0.15) is 18.1 Å². The van der Waals surface area contributed by atoms with Gasteiger partial charge in [0.2, 0.25) is 5.91 Å². The molecule has 2 amide bonds. The summed E-state index contributed by atoms with van der Waals surface area (Å²) in [4.78, 5) is 42.0. The Labute approximate surface area is 221 Å². The number of ketones is 1. The van der Waals surface area contributed by atoms with Gasteiger partial charge in [-0.3, -0.25) is 19.3 Å². The number of hydrogen-bond acceptors (Lipinski definition) is 6. The molecule has 38 heavy (non-hydrogen) atoms. The lowest BCUT2D eigenvalue weighted by atomic mass is 9.94. The minimum absolute atomic E-state index is 0.00325. The fourth-order valence-electron chi connectivity index (χ4n) is 4.94. The van der Waals surface area contributed by atoms with E-state index in [1.54, 1.807) is 42.5 Å². The summed E-state index contributed by atoms with van der Waals surface area (Å²) in [5, 5.41) is 14.2. The first-order chi connectivity index (χ1) is 18.3. The van der Waals surface area contributed by atoms with Crippen molar-refractivity contribution < 1.29 is 24.2 Å². The number of benzene rings is 3. The molecular weight excluding hydrogens is 482 g/mol. The van der Waals surface area contributed by atoms with Crippen molar-refractivity contribution in [1.82, 2.24) is 0 Å². The van der Waals surface area contributed by atoms with Crippen LogP contribution in [0, 0.1) is 0 Å². The molecule has 2 aliphatic heterocycles. The zero-order valence-corrected chi connectivity index (χ0v) is 21.5. The maximum Gasteiger partial charge on any atom is 0.300 e. The van der Waals surface area contributed by atoms with Crippen molar-refractivity contribution in [2.75, 3.05) is 35.3 Å². The Balaban J connectivity index is 1.67. The van der Waals surface area contributed by atoms with Gasteiger partial charge in [-0.2, -0.15) is 0 Å². The highest BCUT2D eigenvalue weighted by atomic mass is 16.5. The normalized spacial score (nSPS) is 18.2. The molecule has 194 valence electrons. The third kappa shape index (κ3) is 4.49. The van der Waals surface area contributed by atoms with Crippen molar-refractivity contribution in [3.8, 4) is 5.75 Å². The lowest BCUT2D eigenvalue weighted by Crippen LogP contribution is -2.29. The molecule has 3 aromatic rings. The summed E-state index contributed by atoms with van der Waals surface area (Å²) in [5.41, 5.74) is 3.93. The van der Waals surface area contributed by atoms with E-state index >= 15 is 0 Å². The number of aryl methyl sites for hydroxylation is 1. The van der Waals surface area contributed by atoms with E-state index in [9.17, 15) is 19.5 Å². The van der Waals surface area contributed by atoms with Gasteiger partial charge in [0.25, 0.3) is 11.7 Å². The molecule has 2 N–H and O–H groups in total. The summed E-state index contributed by atoms with van der Waals surface area (Å²) in [6.07, 6.45) is 0.837. The van der Waals surface area contributed by atoms with Crippen LogP contribution in [-0.2, 0) is 20.8 Å². The molecule has 1 fully saturated rings. The van der Waals surface area contributed by atoms with Crippen LogP contribution in [0.4, 0.5) is 17.1 Å². The number of Topliss-reactive ketones (excluding diaryl/α,β-unsaturated/α-hetero) is 1. The number of carbonyl (C=O) groups excluding carboxylic acids is 3. The van der Waals surface area contributed by atoms with Gasteiger partial charge in [0.15, 0.2) is 0 Å². The van der Waals surface area contributed by atoms with E-state index in [-0.39, 0.29) is 17.2 Å². The van der Waals surface area contributed by atoms with Gasteiger partial charge in [-0.15, -0.1) is 0 Å². The van der Waals surface area contributed by atoms with Crippen LogP contribution < -0.4 is 19.9 Å². The molecular formula is C30H29N3O5. The number of nitrogens with zero attached hydrogens (tertiary/aromatic N) is 2. The average molecular weight is 512 g/mol. The van der Waals surface area contributed by atoms with Crippen LogP contribution in [0.5, 0.6) is 5.75 Å². The number of fused-ring (bicyclic) bond motifs is 1. The van der Waals surface area contributed by atoms with E-state index in [1.807, 2.05) is 43.1 Å². The standard InChI is InChI=1S/C30H29N3O5/c1-4-19-8-10-20(11-9-19)27-26(28(35)21-12-13-25-24(16-21)32(3)14-15-38-25)29(36)30(37)33(27)23-7-5-6-22(17-23)31-18(2)34/h5-13,16-17,27,35H,4,14-15H2,1-3H3,(H,31,34)/b28-26-. The molecule has 0 bridgehead atoms. The van der Waals surface area contributed by atoms with Gasteiger partial charge in [-0.25, -0.2) is 0 Å². The van der Waals surface area contributed by atoms with E-state index in [0.29, 0.717) is 41.4 Å². The van der Waals surface area contributed by atoms with E-state index in [4.69, 9.17) is 4.74 Å². The lowest BCUT2D eigenvalue weighted by molar-refractivity contribution is -0.132. The van der Waals surface area contributed by atoms with E-state index in [0.717, 1.165) is 17.7 Å². The molecule has 0 saturated carbocycles. The predicted octanol–water partition coefficient (Wildman–Crippen LogP) is 4.66. The number of aliphatic hydroxyl groups excluding tert-OH is 1. The van der Waals surface area contributed by atoms with Crippen molar-refractivity contribution in [3.05, 3.63) is 89.0 Å². The molecule has 0 aromatic heterocycles. The van der Waals surface area contributed by atoms with Crippen molar-refractivity contribution in [2.45, 2.75) is 26.3 Å². The van der Waals surface area contributed by atoms with Crippen molar-refractivity contribution in [1.29, 1.82) is 0 Å². The van der Waals surface area contributed by atoms with Gasteiger partial charge in [0, 0.05) is 30.9 Å². The van der Waals surface area contributed by atoms with E-state index in [2.05, 4.69) is 5.32 Å². The van der Waals surface area contributed by atoms with Gasteiger partial charge < -0.3 is 20.1 Å². The van der Waals surface area contributed by atoms with Gasteiger partial charge in [0.05, 0.1) is 23.8 Å². The quantitative estimate of drug-likeness (QED) is 0.294. The predicted molar refractivity (Wildman–Crippen MR) is 147 cm³/mol. The van der Waals surface area contributed by atoms with Gasteiger partial charge in [-0.05, 0) is 53.9 Å². The third-order valence-electron chi connectivity index (χ3n) is 6.92. The molecule has 2 aliphatic rings. The smallest absolute Gasteiger partial charge is 0.300 e. The maximum atomic E-state index is 13.5. The van der Waals surface area contributed by atoms with Crippen LogP contribution in [0.2, 0.25) is 0 Å². The molecule has 8 nitrogen and oxygen atoms in total. The second kappa shape index (κ2) is 10.0. The molecule has 0 radical (unpaired) electrons. The van der Waals surface area contributed by atoms with Crippen LogP contribution in [0.3, 0.4) is 0 Å². The summed E-state index contributed by atoms with van der Waals surface area (Å²) in [6, 6.07) is 18.8. The number of aliphatic hydroxyl groups is 1. The second-order valence-electron chi connectivity index (χ2n) is 9.45. The number of rotatable bonds is 5. The van der Waals surface area contributed by atoms with Gasteiger partial charge in [-0.1, -0.05) is 37.3 Å². The Kier molecular flexibility index (Phi) is 6.63. The number of carbonyl (C=O) groups is 3. The lowest BCUT2D eigenvalue weighted by Gasteiger charge is -2.28. The first-order valence-corrected chi connectivity index (χ1v) is 12.5. The third-order valence-corrected chi connectivity index (χ3v) is 6.92. The molecule has 1 unspecified atom stereocenters. The maximum absolute atomic E-state index is 13.5. The number of amides is 2. The molecule has 2 heterocycles. The zero-order chi connectivity index (χ0) is 27.0. The Bertz CT molecular complexity index is 1460. The fraction of sp³-hybridized carbons (Fsp3) is 0.233. The first-order valence-electron chi connectivity index (χ1n) is 12.5. The van der Waals surface area contributed by atoms with Crippen LogP contribution in [0.25, 0.3) is 5.76 Å². The Hall–Kier alpha value is -4.59. The fourth-order valence-corrected chi connectivity index (χ4v) is 4.94. The second-order valence-corrected chi connectivity index (χ2v) is 9.45. The van der Waals surface area contributed by atoms with Crippen molar-refractivity contribution in [3.63, 3.8) is 0 Å². The highest BCUT2D eigenvalue weighted by Crippen LogP contribution is 2.43.